The molecule has 2 aromatic rings. The van der Waals surface area contributed by atoms with E-state index in [1.807, 2.05) is 6.20 Å². The fourth-order valence-electron chi connectivity index (χ4n) is 1.80. The highest BCUT2D eigenvalue weighted by Gasteiger charge is 2.08. The second-order valence-electron chi connectivity index (χ2n) is 4.68. The molecule has 2 aromatic heterocycles. The first-order valence-electron chi connectivity index (χ1n) is 5.56. The van der Waals surface area contributed by atoms with Crippen molar-refractivity contribution >= 4 is 5.52 Å². The van der Waals surface area contributed by atoms with Crippen molar-refractivity contribution in [1.29, 1.82) is 0 Å². The first-order valence-corrected chi connectivity index (χ1v) is 5.56. The minimum atomic E-state index is 0.468. The third kappa shape index (κ3) is 1.76. The maximum absolute atomic E-state index is 4.46. The topological polar surface area (TPSA) is 17.3 Å². The number of imidazole rings is 1. The van der Waals surface area contributed by atoms with Crippen molar-refractivity contribution in [3.8, 4) is 0 Å². The van der Waals surface area contributed by atoms with Gasteiger partial charge in [0.25, 0.3) is 0 Å². The Bertz CT molecular complexity index is 466. The summed E-state index contributed by atoms with van der Waals surface area (Å²) in [7, 11) is 0. The Labute approximate surface area is 91.0 Å². The Morgan fingerprint density at radius 2 is 1.80 bits per heavy atom. The van der Waals surface area contributed by atoms with Crippen LogP contribution in [-0.4, -0.2) is 9.38 Å². The fraction of sp³-hybridized carbons (Fsp3) is 0.462. The molecule has 0 aromatic carbocycles. The van der Waals surface area contributed by atoms with Crippen molar-refractivity contribution in [2.75, 3.05) is 0 Å². The highest BCUT2D eigenvalue weighted by Crippen LogP contribution is 2.19. The minimum absolute atomic E-state index is 0.468. The van der Waals surface area contributed by atoms with Gasteiger partial charge >= 0.3 is 0 Å². The van der Waals surface area contributed by atoms with E-state index < -0.39 is 0 Å². The van der Waals surface area contributed by atoms with Crippen molar-refractivity contribution in [2.24, 2.45) is 0 Å². The Morgan fingerprint density at radius 1 is 1.07 bits per heavy atom. The molecule has 2 nitrogen and oxygen atoms in total. The van der Waals surface area contributed by atoms with E-state index in [1.165, 1.54) is 11.1 Å². The second kappa shape index (κ2) is 3.69. The molecule has 0 radical (unpaired) electrons. The average molecular weight is 202 g/mol. The summed E-state index contributed by atoms with van der Waals surface area (Å²) in [5.41, 5.74) is 2.55. The summed E-state index contributed by atoms with van der Waals surface area (Å²) >= 11 is 0. The Balaban J connectivity index is 2.61. The number of aromatic nitrogens is 2. The molecular formula is C13H18N2. The summed E-state index contributed by atoms with van der Waals surface area (Å²) in [6.07, 6.45) is 4.15. The number of hydrogen-bond donors (Lipinski definition) is 0. The van der Waals surface area contributed by atoms with E-state index in [0.29, 0.717) is 11.8 Å². The summed E-state index contributed by atoms with van der Waals surface area (Å²) in [6, 6.07) is 4.33. The molecule has 0 saturated heterocycles. The van der Waals surface area contributed by atoms with Gasteiger partial charge in [-0.1, -0.05) is 33.8 Å². The van der Waals surface area contributed by atoms with E-state index in [4.69, 9.17) is 0 Å². The molecule has 2 heterocycles. The molecule has 0 unspecified atom stereocenters. The summed E-state index contributed by atoms with van der Waals surface area (Å²) in [5, 5.41) is 0. The SMILES string of the molecule is CC(C)c1ccc2cnc(C(C)C)n2c1. The molecule has 0 saturated carbocycles. The Kier molecular flexibility index (Phi) is 2.51. The lowest BCUT2D eigenvalue weighted by Gasteiger charge is -2.09. The summed E-state index contributed by atoms with van der Waals surface area (Å²) in [5.74, 6) is 2.18. The van der Waals surface area contributed by atoms with Crippen LogP contribution in [-0.2, 0) is 0 Å². The van der Waals surface area contributed by atoms with Gasteiger partial charge in [-0.3, -0.25) is 0 Å². The summed E-state index contributed by atoms with van der Waals surface area (Å²) in [6.45, 7) is 8.79. The van der Waals surface area contributed by atoms with Crippen LogP contribution in [0.15, 0.2) is 24.5 Å². The van der Waals surface area contributed by atoms with Gasteiger partial charge in [-0.2, -0.15) is 0 Å². The van der Waals surface area contributed by atoms with Gasteiger partial charge in [-0.25, -0.2) is 4.98 Å². The molecule has 0 amide bonds. The lowest BCUT2D eigenvalue weighted by atomic mass is 10.1. The number of pyridine rings is 1. The molecule has 0 spiro atoms. The van der Waals surface area contributed by atoms with Crippen LogP contribution in [0.2, 0.25) is 0 Å². The first kappa shape index (κ1) is 10.2. The third-order valence-electron chi connectivity index (χ3n) is 2.76. The summed E-state index contributed by atoms with van der Waals surface area (Å²) in [4.78, 5) is 4.46. The van der Waals surface area contributed by atoms with Crippen LogP contribution < -0.4 is 0 Å². The van der Waals surface area contributed by atoms with Gasteiger partial charge in [-0.05, 0) is 17.5 Å². The average Bonchev–Trinajstić information content (AvgIpc) is 2.59. The molecule has 0 bridgehead atoms. The zero-order valence-corrected chi connectivity index (χ0v) is 9.86. The Morgan fingerprint density at radius 3 is 2.40 bits per heavy atom. The predicted octanol–water partition coefficient (Wildman–Crippen LogP) is 3.58. The smallest absolute Gasteiger partial charge is 0.115 e. The highest BCUT2D eigenvalue weighted by atomic mass is 15.0. The minimum Gasteiger partial charge on any atom is -0.303 e. The highest BCUT2D eigenvalue weighted by molar-refractivity contribution is 5.47. The molecule has 80 valence electrons. The molecule has 0 N–H and O–H groups in total. The van der Waals surface area contributed by atoms with Crippen molar-refractivity contribution in [3.05, 3.63) is 35.9 Å². The molecule has 0 aliphatic rings. The van der Waals surface area contributed by atoms with Gasteiger partial charge in [0.1, 0.15) is 5.82 Å². The van der Waals surface area contributed by atoms with Gasteiger partial charge < -0.3 is 4.40 Å². The van der Waals surface area contributed by atoms with E-state index in [-0.39, 0.29) is 0 Å². The molecule has 0 fully saturated rings. The maximum Gasteiger partial charge on any atom is 0.115 e. The van der Waals surface area contributed by atoms with Crippen molar-refractivity contribution < 1.29 is 0 Å². The van der Waals surface area contributed by atoms with Gasteiger partial charge in [0.15, 0.2) is 0 Å². The fourth-order valence-corrected chi connectivity index (χ4v) is 1.80. The maximum atomic E-state index is 4.46. The number of nitrogens with zero attached hydrogens (tertiary/aromatic N) is 2. The zero-order valence-electron chi connectivity index (χ0n) is 9.86. The monoisotopic (exact) mass is 202 g/mol. The lowest BCUT2D eigenvalue weighted by Crippen LogP contribution is -1.99. The second-order valence-corrected chi connectivity index (χ2v) is 4.68. The van der Waals surface area contributed by atoms with Gasteiger partial charge in [0.2, 0.25) is 0 Å². The molecule has 0 atom stereocenters. The van der Waals surface area contributed by atoms with Crippen LogP contribution in [0.3, 0.4) is 0 Å². The van der Waals surface area contributed by atoms with Crippen molar-refractivity contribution in [1.82, 2.24) is 9.38 Å². The number of rotatable bonds is 2. The van der Waals surface area contributed by atoms with E-state index in [1.54, 1.807) is 0 Å². The molecule has 15 heavy (non-hydrogen) atoms. The van der Waals surface area contributed by atoms with Crippen molar-refractivity contribution in [2.45, 2.75) is 39.5 Å². The molecule has 0 aliphatic carbocycles. The van der Waals surface area contributed by atoms with Gasteiger partial charge in [0.05, 0.1) is 11.7 Å². The van der Waals surface area contributed by atoms with Crippen molar-refractivity contribution in [3.63, 3.8) is 0 Å². The summed E-state index contributed by atoms with van der Waals surface area (Å²) < 4.78 is 2.21. The van der Waals surface area contributed by atoms with Crippen LogP contribution in [0, 0.1) is 0 Å². The quantitative estimate of drug-likeness (QED) is 0.727. The van der Waals surface area contributed by atoms with Crippen LogP contribution in [0.4, 0.5) is 0 Å². The first-order chi connectivity index (χ1) is 7.09. The zero-order chi connectivity index (χ0) is 11.0. The van der Waals surface area contributed by atoms with E-state index in [9.17, 15) is 0 Å². The lowest BCUT2D eigenvalue weighted by molar-refractivity contribution is 0.762. The van der Waals surface area contributed by atoms with Crippen LogP contribution in [0.25, 0.3) is 5.52 Å². The normalized spacial score (nSPS) is 11.9. The van der Waals surface area contributed by atoms with Crippen LogP contribution in [0.5, 0.6) is 0 Å². The molecular weight excluding hydrogens is 184 g/mol. The molecule has 0 aliphatic heterocycles. The molecule has 2 heteroatoms. The van der Waals surface area contributed by atoms with E-state index >= 15 is 0 Å². The largest absolute Gasteiger partial charge is 0.303 e. The number of hydrogen-bond acceptors (Lipinski definition) is 1. The third-order valence-corrected chi connectivity index (χ3v) is 2.76. The number of fused-ring (bicyclic) bond motifs is 1. The van der Waals surface area contributed by atoms with Crippen LogP contribution in [0.1, 0.15) is 50.9 Å². The van der Waals surface area contributed by atoms with Crippen LogP contribution >= 0.6 is 0 Å². The van der Waals surface area contributed by atoms with Gasteiger partial charge in [0, 0.05) is 12.1 Å². The predicted molar refractivity (Wildman–Crippen MR) is 63.4 cm³/mol. The Hall–Kier alpha value is -1.31. The standard InChI is InChI=1S/C13H18N2/c1-9(2)11-5-6-12-7-14-13(10(3)4)15(12)8-11/h5-10H,1-4H3. The van der Waals surface area contributed by atoms with E-state index in [0.717, 1.165) is 5.82 Å². The van der Waals surface area contributed by atoms with E-state index in [2.05, 4.69) is 55.4 Å². The van der Waals surface area contributed by atoms with Gasteiger partial charge in [-0.15, -0.1) is 0 Å². The molecule has 2 rings (SSSR count).